The van der Waals surface area contributed by atoms with Gasteiger partial charge in [-0.25, -0.2) is 8.78 Å². The monoisotopic (exact) mass is 235 g/mol. The predicted molar refractivity (Wildman–Crippen MR) is 52.2 cm³/mol. The first-order chi connectivity index (χ1) is 7.32. The second-order valence-corrected chi connectivity index (χ2v) is 4.18. The summed E-state index contributed by atoms with van der Waals surface area (Å²) >= 11 is 0. The van der Waals surface area contributed by atoms with E-state index in [1.807, 2.05) is 0 Å². The molecule has 1 fully saturated rings. The van der Waals surface area contributed by atoms with Gasteiger partial charge in [0.15, 0.2) is 0 Å². The van der Waals surface area contributed by atoms with Crippen molar-refractivity contribution in [2.24, 2.45) is 5.92 Å². The smallest absolute Gasteiger partial charge is 0.306 e. The van der Waals surface area contributed by atoms with E-state index in [1.54, 1.807) is 0 Å². The van der Waals surface area contributed by atoms with E-state index < -0.39 is 17.8 Å². The number of amides is 1. The molecule has 0 aromatic carbocycles. The molecule has 92 valence electrons. The molecule has 0 saturated carbocycles. The number of nitrogens with zero attached hydrogens (tertiary/aromatic N) is 1. The number of aliphatic carboxylic acids is 1. The maximum Gasteiger partial charge on any atom is 0.306 e. The van der Waals surface area contributed by atoms with Crippen molar-refractivity contribution >= 4 is 11.9 Å². The van der Waals surface area contributed by atoms with Crippen LogP contribution in [0.4, 0.5) is 8.78 Å². The van der Waals surface area contributed by atoms with Crippen LogP contribution in [0, 0.1) is 5.92 Å². The summed E-state index contributed by atoms with van der Waals surface area (Å²) in [6, 6.07) is 0. The SMILES string of the molecule is CC(CC(=O)N1CCC(F)(F)CC1)C(=O)O. The van der Waals surface area contributed by atoms with Crippen molar-refractivity contribution in [3.63, 3.8) is 0 Å². The predicted octanol–water partition coefficient (Wildman–Crippen LogP) is 1.35. The summed E-state index contributed by atoms with van der Waals surface area (Å²) in [6.07, 6.45) is -0.790. The average molecular weight is 235 g/mol. The van der Waals surface area contributed by atoms with Gasteiger partial charge in [0.2, 0.25) is 5.91 Å². The lowest BCUT2D eigenvalue weighted by Crippen LogP contribution is -2.43. The molecule has 0 aliphatic carbocycles. The number of carbonyl (C=O) groups is 2. The van der Waals surface area contributed by atoms with Crippen molar-refractivity contribution < 1.29 is 23.5 Å². The number of halogens is 2. The number of piperidine rings is 1. The van der Waals surface area contributed by atoms with Crippen molar-refractivity contribution in [3.8, 4) is 0 Å². The Labute approximate surface area is 92.2 Å². The summed E-state index contributed by atoms with van der Waals surface area (Å²) in [5.74, 6) is -4.86. The Balaban J connectivity index is 2.42. The molecule has 1 amide bonds. The molecular weight excluding hydrogens is 220 g/mol. The van der Waals surface area contributed by atoms with Crippen LogP contribution >= 0.6 is 0 Å². The molecule has 16 heavy (non-hydrogen) atoms. The second-order valence-electron chi connectivity index (χ2n) is 4.18. The number of carboxylic acid groups (broad SMARTS) is 1. The molecule has 1 aliphatic heterocycles. The topological polar surface area (TPSA) is 57.6 Å². The molecule has 1 N–H and O–H groups in total. The van der Waals surface area contributed by atoms with Crippen LogP contribution in [-0.4, -0.2) is 40.9 Å². The van der Waals surface area contributed by atoms with Crippen LogP contribution in [0.15, 0.2) is 0 Å². The van der Waals surface area contributed by atoms with Gasteiger partial charge in [0, 0.05) is 32.4 Å². The lowest BCUT2D eigenvalue weighted by molar-refractivity contribution is -0.147. The van der Waals surface area contributed by atoms with E-state index in [-0.39, 0.29) is 38.3 Å². The van der Waals surface area contributed by atoms with E-state index in [2.05, 4.69) is 0 Å². The molecule has 1 rings (SSSR count). The summed E-state index contributed by atoms with van der Waals surface area (Å²) in [5, 5.41) is 8.62. The van der Waals surface area contributed by atoms with Crippen molar-refractivity contribution in [1.29, 1.82) is 0 Å². The van der Waals surface area contributed by atoms with Crippen LogP contribution in [0.3, 0.4) is 0 Å². The zero-order valence-corrected chi connectivity index (χ0v) is 9.08. The first-order valence-corrected chi connectivity index (χ1v) is 5.20. The van der Waals surface area contributed by atoms with Crippen molar-refractivity contribution in [1.82, 2.24) is 4.90 Å². The third kappa shape index (κ3) is 3.43. The Morgan fingerprint density at radius 2 is 1.88 bits per heavy atom. The molecule has 0 radical (unpaired) electrons. The molecule has 1 atom stereocenters. The number of carbonyl (C=O) groups excluding carboxylic acids is 1. The maximum absolute atomic E-state index is 12.8. The third-order valence-corrected chi connectivity index (χ3v) is 2.75. The van der Waals surface area contributed by atoms with E-state index in [1.165, 1.54) is 11.8 Å². The van der Waals surface area contributed by atoms with E-state index >= 15 is 0 Å². The van der Waals surface area contributed by atoms with Gasteiger partial charge in [0.05, 0.1) is 5.92 Å². The van der Waals surface area contributed by atoms with E-state index in [0.29, 0.717) is 0 Å². The number of hydrogen-bond acceptors (Lipinski definition) is 2. The fraction of sp³-hybridized carbons (Fsp3) is 0.800. The summed E-state index contributed by atoms with van der Waals surface area (Å²) in [5.41, 5.74) is 0. The highest BCUT2D eigenvalue weighted by atomic mass is 19.3. The quantitative estimate of drug-likeness (QED) is 0.803. The number of hydrogen-bond donors (Lipinski definition) is 1. The van der Waals surface area contributed by atoms with Crippen LogP contribution in [-0.2, 0) is 9.59 Å². The molecular formula is C10H15F2NO3. The summed E-state index contributed by atoms with van der Waals surface area (Å²) in [4.78, 5) is 23.4. The van der Waals surface area contributed by atoms with E-state index in [0.717, 1.165) is 0 Å². The molecule has 1 unspecified atom stereocenters. The van der Waals surface area contributed by atoms with Gasteiger partial charge in [-0.3, -0.25) is 9.59 Å². The third-order valence-electron chi connectivity index (χ3n) is 2.75. The molecule has 1 heterocycles. The molecule has 1 saturated heterocycles. The molecule has 0 spiro atoms. The van der Waals surface area contributed by atoms with Crippen molar-refractivity contribution in [2.45, 2.75) is 32.1 Å². The largest absolute Gasteiger partial charge is 0.481 e. The van der Waals surface area contributed by atoms with Crippen LogP contribution in [0.25, 0.3) is 0 Å². The number of alkyl halides is 2. The van der Waals surface area contributed by atoms with Gasteiger partial charge in [0.1, 0.15) is 0 Å². The van der Waals surface area contributed by atoms with Crippen molar-refractivity contribution in [2.75, 3.05) is 13.1 Å². The highest BCUT2D eigenvalue weighted by Crippen LogP contribution is 2.28. The Morgan fingerprint density at radius 3 is 2.31 bits per heavy atom. The number of rotatable bonds is 3. The Bertz CT molecular complexity index is 284. The van der Waals surface area contributed by atoms with Crippen LogP contribution in [0.5, 0.6) is 0 Å². The van der Waals surface area contributed by atoms with Gasteiger partial charge < -0.3 is 10.0 Å². The van der Waals surface area contributed by atoms with Crippen LogP contribution in [0.1, 0.15) is 26.2 Å². The van der Waals surface area contributed by atoms with Gasteiger partial charge in [-0.2, -0.15) is 0 Å². The summed E-state index contributed by atoms with van der Waals surface area (Å²) < 4.78 is 25.6. The second kappa shape index (κ2) is 4.76. The minimum absolute atomic E-state index is 0.0121. The maximum atomic E-state index is 12.8. The molecule has 6 heteroatoms. The molecule has 0 aromatic rings. The molecule has 0 bridgehead atoms. The minimum atomic E-state index is -2.69. The molecule has 4 nitrogen and oxygen atoms in total. The van der Waals surface area contributed by atoms with Gasteiger partial charge in [-0.05, 0) is 0 Å². The van der Waals surface area contributed by atoms with Crippen LogP contribution in [0.2, 0.25) is 0 Å². The number of carboxylic acids is 1. The fourth-order valence-corrected chi connectivity index (χ4v) is 1.56. The molecule has 0 aromatic heterocycles. The van der Waals surface area contributed by atoms with Gasteiger partial charge >= 0.3 is 5.97 Å². The Kier molecular flexibility index (Phi) is 3.83. The van der Waals surface area contributed by atoms with Gasteiger partial charge in [-0.1, -0.05) is 6.92 Å². The average Bonchev–Trinajstić information content (AvgIpc) is 2.17. The lowest BCUT2D eigenvalue weighted by atomic mass is 10.0. The summed E-state index contributed by atoms with van der Waals surface area (Å²) in [7, 11) is 0. The van der Waals surface area contributed by atoms with E-state index in [4.69, 9.17) is 5.11 Å². The Morgan fingerprint density at radius 1 is 1.38 bits per heavy atom. The van der Waals surface area contributed by atoms with Gasteiger partial charge in [-0.15, -0.1) is 0 Å². The van der Waals surface area contributed by atoms with E-state index in [9.17, 15) is 18.4 Å². The normalized spacial score (nSPS) is 21.6. The number of likely N-dealkylation sites (tertiary alicyclic amines) is 1. The summed E-state index contributed by atoms with van der Waals surface area (Å²) in [6.45, 7) is 1.45. The standard InChI is InChI=1S/C10H15F2NO3/c1-7(9(15)16)6-8(14)13-4-2-10(11,12)3-5-13/h7H,2-6H2,1H3,(H,15,16). The fourth-order valence-electron chi connectivity index (χ4n) is 1.56. The highest BCUT2D eigenvalue weighted by molar-refractivity contribution is 5.82. The zero-order valence-electron chi connectivity index (χ0n) is 9.08. The lowest BCUT2D eigenvalue weighted by Gasteiger charge is -2.32. The molecule has 1 aliphatic rings. The van der Waals surface area contributed by atoms with Crippen molar-refractivity contribution in [3.05, 3.63) is 0 Å². The Hall–Kier alpha value is -1.20. The first kappa shape index (κ1) is 12.9. The van der Waals surface area contributed by atoms with Crippen LogP contribution < -0.4 is 0 Å². The van der Waals surface area contributed by atoms with Gasteiger partial charge in [0.25, 0.3) is 5.92 Å². The first-order valence-electron chi connectivity index (χ1n) is 5.20. The zero-order chi connectivity index (χ0) is 12.3. The minimum Gasteiger partial charge on any atom is -0.481 e. The highest BCUT2D eigenvalue weighted by Gasteiger charge is 2.35.